The minimum absolute atomic E-state index is 0.223. The molecule has 0 amide bonds. The van der Waals surface area contributed by atoms with Gasteiger partial charge in [-0.1, -0.05) is 6.92 Å². The molecule has 1 rings (SSSR count). The average molecular weight is 201 g/mol. The van der Waals surface area contributed by atoms with Gasteiger partial charge in [-0.3, -0.25) is 0 Å². The first kappa shape index (κ1) is 10.9. The quantitative estimate of drug-likeness (QED) is 0.735. The van der Waals surface area contributed by atoms with Crippen molar-refractivity contribution in [1.82, 2.24) is 5.32 Å². The van der Waals surface area contributed by atoms with E-state index in [0.29, 0.717) is 13.2 Å². The van der Waals surface area contributed by atoms with Crippen LogP contribution in [0.3, 0.4) is 0 Å². The van der Waals surface area contributed by atoms with E-state index in [-0.39, 0.29) is 5.75 Å². The summed E-state index contributed by atoms with van der Waals surface area (Å²) in [5, 5.41) is 3.04. The summed E-state index contributed by atoms with van der Waals surface area (Å²) < 4.78 is 30.5. The Bertz CT molecular complexity index is 271. The molecule has 1 N–H and O–H groups in total. The highest BCUT2D eigenvalue weighted by Gasteiger charge is 2.00. The van der Waals surface area contributed by atoms with Crippen molar-refractivity contribution >= 4 is 0 Å². The van der Waals surface area contributed by atoms with Crippen LogP contribution >= 0.6 is 0 Å². The second-order valence-electron chi connectivity index (χ2n) is 2.81. The van der Waals surface area contributed by atoms with Crippen LogP contribution in [0.15, 0.2) is 18.2 Å². The summed E-state index contributed by atoms with van der Waals surface area (Å²) in [5.41, 5.74) is 0. The second kappa shape index (κ2) is 5.54. The summed E-state index contributed by atoms with van der Waals surface area (Å²) in [7, 11) is 0. The van der Waals surface area contributed by atoms with Crippen LogP contribution in [0.2, 0.25) is 0 Å². The lowest BCUT2D eigenvalue weighted by Crippen LogP contribution is -2.20. The van der Waals surface area contributed by atoms with Crippen molar-refractivity contribution in [3.63, 3.8) is 0 Å². The molecule has 0 atom stereocenters. The van der Waals surface area contributed by atoms with Crippen molar-refractivity contribution in [2.45, 2.75) is 6.92 Å². The predicted octanol–water partition coefficient (Wildman–Crippen LogP) is 1.95. The van der Waals surface area contributed by atoms with Gasteiger partial charge in [0.05, 0.1) is 0 Å². The van der Waals surface area contributed by atoms with Gasteiger partial charge in [-0.25, -0.2) is 8.78 Å². The molecule has 14 heavy (non-hydrogen) atoms. The van der Waals surface area contributed by atoms with Crippen LogP contribution in [0, 0.1) is 11.6 Å². The van der Waals surface area contributed by atoms with E-state index in [1.54, 1.807) is 0 Å². The fourth-order valence-corrected chi connectivity index (χ4v) is 1.03. The Labute approximate surface area is 81.9 Å². The van der Waals surface area contributed by atoms with E-state index in [4.69, 9.17) is 4.74 Å². The third kappa shape index (κ3) is 3.70. The molecule has 0 fully saturated rings. The van der Waals surface area contributed by atoms with Gasteiger partial charge < -0.3 is 10.1 Å². The van der Waals surface area contributed by atoms with Crippen LogP contribution in [0.25, 0.3) is 0 Å². The molecule has 0 unspecified atom stereocenters. The molecular weight excluding hydrogens is 188 g/mol. The van der Waals surface area contributed by atoms with Crippen molar-refractivity contribution in [2.24, 2.45) is 0 Å². The Kier molecular flexibility index (Phi) is 4.32. The van der Waals surface area contributed by atoms with Crippen LogP contribution in [0.5, 0.6) is 5.75 Å². The molecule has 0 saturated heterocycles. The topological polar surface area (TPSA) is 21.3 Å². The Morgan fingerprint density at radius 2 is 1.86 bits per heavy atom. The number of ether oxygens (including phenoxy) is 1. The molecule has 1 aromatic carbocycles. The van der Waals surface area contributed by atoms with Gasteiger partial charge in [-0.15, -0.1) is 0 Å². The summed E-state index contributed by atoms with van der Waals surface area (Å²) in [4.78, 5) is 0. The molecule has 4 heteroatoms. The van der Waals surface area contributed by atoms with E-state index in [0.717, 1.165) is 24.7 Å². The van der Waals surface area contributed by atoms with E-state index >= 15 is 0 Å². The molecule has 0 aromatic heterocycles. The van der Waals surface area contributed by atoms with Gasteiger partial charge in [0.1, 0.15) is 24.0 Å². The summed E-state index contributed by atoms with van der Waals surface area (Å²) in [6.45, 7) is 3.88. The maximum absolute atomic E-state index is 12.7. The minimum Gasteiger partial charge on any atom is -0.492 e. The first-order chi connectivity index (χ1) is 6.72. The fourth-order valence-electron chi connectivity index (χ4n) is 1.03. The highest BCUT2D eigenvalue weighted by molar-refractivity contribution is 5.23. The molecule has 0 aliphatic carbocycles. The molecule has 0 radical (unpaired) electrons. The zero-order valence-corrected chi connectivity index (χ0v) is 8.02. The molecule has 0 bridgehead atoms. The van der Waals surface area contributed by atoms with Gasteiger partial charge in [0, 0.05) is 24.7 Å². The van der Waals surface area contributed by atoms with Gasteiger partial charge in [0.2, 0.25) is 0 Å². The molecule has 0 aliphatic heterocycles. The summed E-state index contributed by atoms with van der Waals surface area (Å²) in [5.74, 6) is -1.02. The van der Waals surface area contributed by atoms with E-state index in [1.807, 2.05) is 6.92 Å². The molecule has 0 spiro atoms. The van der Waals surface area contributed by atoms with Crippen molar-refractivity contribution < 1.29 is 13.5 Å². The maximum atomic E-state index is 12.7. The van der Waals surface area contributed by atoms with Crippen LogP contribution in [0.4, 0.5) is 8.78 Å². The maximum Gasteiger partial charge on any atom is 0.129 e. The molecule has 78 valence electrons. The fraction of sp³-hybridized carbons (Fsp3) is 0.400. The number of rotatable bonds is 5. The zero-order valence-electron chi connectivity index (χ0n) is 8.02. The normalized spacial score (nSPS) is 10.2. The van der Waals surface area contributed by atoms with E-state index in [2.05, 4.69) is 5.32 Å². The lowest BCUT2D eigenvalue weighted by atomic mass is 10.3. The highest BCUT2D eigenvalue weighted by atomic mass is 19.1. The summed E-state index contributed by atoms with van der Waals surface area (Å²) >= 11 is 0. The first-order valence-corrected chi connectivity index (χ1v) is 4.52. The van der Waals surface area contributed by atoms with Crippen LogP contribution in [0.1, 0.15) is 6.92 Å². The summed E-state index contributed by atoms with van der Waals surface area (Å²) in [6.07, 6.45) is 0. The van der Waals surface area contributed by atoms with Crippen LogP contribution in [-0.2, 0) is 0 Å². The van der Waals surface area contributed by atoms with E-state index in [9.17, 15) is 8.78 Å². The number of benzene rings is 1. The number of hydrogen-bond acceptors (Lipinski definition) is 2. The SMILES string of the molecule is CCNCCOc1cc(F)cc(F)c1. The van der Waals surface area contributed by atoms with E-state index in [1.165, 1.54) is 0 Å². The standard InChI is InChI=1S/C10H13F2NO/c1-2-13-3-4-14-10-6-8(11)5-9(12)7-10/h5-7,13H,2-4H2,1H3. The zero-order chi connectivity index (χ0) is 10.4. The van der Waals surface area contributed by atoms with Gasteiger partial charge in [-0.2, -0.15) is 0 Å². The molecule has 1 aromatic rings. The summed E-state index contributed by atoms with van der Waals surface area (Å²) in [6, 6.07) is 3.14. The number of halogens is 2. The molecule has 0 saturated carbocycles. The van der Waals surface area contributed by atoms with Gasteiger partial charge >= 0.3 is 0 Å². The lowest BCUT2D eigenvalue weighted by molar-refractivity contribution is 0.312. The minimum atomic E-state index is -0.622. The monoisotopic (exact) mass is 201 g/mol. The van der Waals surface area contributed by atoms with Crippen molar-refractivity contribution in [3.8, 4) is 5.75 Å². The van der Waals surface area contributed by atoms with Gasteiger partial charge in [-0.05, 0) is 6.54 Å². The largest absolute Gasteiger partial charge is 0.492 e. The lowest BCUT2D eigenvalue weighted by Gasteiger charge is -2.06. The van der Waals surface area contributed by atoms with E-state index < -0.39 is 11.6 Å². The number of hydrogen-bond donors (Lipinski definition) is 1. The molecular formula is C10H13F2NO. The number of likely N-dealkylation sites (N-methyl/N-ethyl adjacent to an activating group) is 1. The van der Waals surface area contributed by atoms with Crippen molar-refractivity contribution in [2.75, 3.05) is 19.7 Å². The Morgan fingerprint density at radius 3 is 2.43 bits per heavy atom. The molecule has 2 nitrogen and oxygen atoms in total. The second-order valence-corrected chi connectivity index (χ2v) is 2.81. The van der Waals surface area contributed by atoms with Crippen LogP contribution in [-0.4, -0.2) is 19.7 Å². The van der Waals surface area contributed by atoms with Gasteiger partial charge in [0.25, 0.3) is 0 Å². The predicted molar refractivity (Wildman–Crippen MR) is 50.4 cm³/mol. The first-order valence-electron chi connectivity index (χ1n) is 4.52. The smallest absolute Gasteiger partial charge is 0.129 e. The molecule has 0 heterocycles. The third-order valence-corrected chi connectivity index (χ3v) is 1.63. The highest BCUT2D eigenvalue weighted by Crippen LogP contribution is 2.14. The third-order valence-electron chi connectivity index (χ3n) is 1.63. The van der Waals surface area contributed by atoms with Crippen molar-refractivity contribution in [3.05, 3.63) is 29.8 Å². The average Bonchev–Trinajstić information content (AvgIpc) is 2.11. The Balaban J connectivity index is 2.42. The Hall–Kier alpha value is -1.16. The van der Waals surface area contributed by atoms with Crippen LogP contribution < -0.4 is 10.1 Å². The van der Waals surface area contributed by atoms with Crippen molar-refractivity contribution in [1.29, 1.82) is 0 Å². The number of nitrogens with one attached hydrogen (secondary N) is 1. The Morgan fingerprint density at radius 1 is 1.21 bits per heavy atom. The van der Waals surface area contributed by atoms with Gasteiger partial charge in [0.15, 0.2) is 0 Å². The molecule has 0 aliphatic rings.